The number of rotatable bonds is 6. The van der Waals surface area contributed by atoms with Crippen LogP contribution in [0, 0.1) is 17.2 Å². The third-order valence-electron chi connectivity index (χ3n) is 8.03. The van der Waals surface area contributed by atoms with Gasteiger partial charge < -0.3 is 9.88 Å². The number of nitrogens with zero attached hydrogens (tertiary/aromatic N) is 2. The highest BCUT2D eigenvalue weighted by Crippen LogP contribution is 2.39. The molecule has 1 aliphatic heterocycles. The number of nitrogens with one attached hydrogen (secondary N) is 1. The van der Waals surface area contributed by atoms with E-state index in [0.29, 0.717) is 0 Å². The molecule has 1 N–H and O–H groups in total. The van der Waals surface area contributed by atoms with Crippen LogP contribution >= 0.6 is 0 Å². The molecular weight excluding hydrogens is 426 g/mol. The van der Waals surface area contributed by atoms with Gasteiger partial charge >= 0.3 is 0 Å². The molecule has 0 saturated carbocycles. The molecule has 178 valence electrons. The summed E-state index contributed by atoms with van der Waals surface area (Å²) >= 11 is 0. The van der Waals surface area contributed by atoms with Crippen LogP contribution in [0.1, 0.15) is 67.5 Å². The zero-order valence-corrected chi connectivity index (χ0v) is 20.9. The molecule has 1 aliphatic carbocycles. The molecular formula is C32H35N3. The van der Waals surface area contributed by atoms with E-state index < -0.39 is 5.41 Å². The first-order chi connectivity index (χ1) is 17.1. The smallest absolute Gasteiger partial charge is 0.0994 e. The number of fused-ring (bicyclic) bond motifs is 2. The third kappa shape index (κ3) is 4.51. The number of H-pyrrole nitrogens is 1. The molecule has 1 fully saturated rings. The number of piperidine rings is 1. The maximum atomic E-state index is 10.1. The quantitative estimate of drug-likeness (QED) is 0.327. The first-order valence-corrected chi connectivity index (χ1v) is 13.0. The molecule has 3 aromatic rings. The molecule has 3 nitrogen and oxygen atoms in total. The van der Waals surface area contributed by atoms with Gasteiger partial charge in [0, 0.05) is 25.0 Å². The second-order valence-corrected chi connectivity index (χ2v) is 10.3. The molecule has 2 aromatic carbocycles. The van der Waals surface area contributed by atoms with Crippen LogP contribution in [0.3, 0.4) is 0 Å². The molecule has 35 heavy (non-hydrogen) atoms. The highest BCUT2D eigenvalue weighted by molar-refractivity contribution is 5.94. The molecule has 1 unspecified atom stereocenters. The highest BCUT2D eigenvalue weighted by atomic mass is 15.1. The minimum Gasteiger partial charge on any atom is -0.364 e. The van der Waals surface area contributed by atoms with Crippen LogP contribution in [0.25, 0.3) is 17.7 Å². The summed E-state index contributed by atoms with van der Waals surface area (Å²) in [5, 5.41) is 10.1. The van der Waals surface area contributed by atoms with Crippen molar-refractivity contribution in [3.05, 3.63) is 100 Å². The molecule has 0 amide bonds. The van der Waals surface area contributed by atoms with Crippen molar-refractivity contribution in [2.24, 2.45) is 5.92 Å². The largest absolute Gasteiger partial charge is 0.364 e. The van der Waals surface area contributed by atoms with Crippen LogP contribution in [0.4, 0.5) is 0 Å². The van der Waals surface area contributed by atoms with Gasteiger partial charge in [-0.2, -0.15) is 5.26 Å². The third-order valence-corrected chi connectivity index (χ3v) is 8.03. The van der Waals surface area contributed by atoms with Gasteiger partial charge in [-0.15, -0.1) is 0 Å². The van der Waals surface area contributed by atoms with Gasteiger partial charge in [0.25, 0.3) is 0 Å². The summed E-state index contributed by atoms with van der Waals surface area (Å²) in [5.74, 6) is 0.271. The fourth-order valence-electron chi connectivity index (χ4n) is 5.91. The van der Waals surface area contributed by atoms with Gasteiger partial charge in [-0.3, -0.25) is 0 Å². The molecule has 0 bridgehead atoms. The molecule has 1 saturated heterocycles. The van der Waals surface area contributed by atoms with Crippen LogP contribution in [0.5, 0.6) is 0 Å². The lowest BCUT2D eigenvalue weighted by atomic mass is 9.72. The zero-order chi connectivity index (χ0) is 24.3. The van der Waals surface area contributed by atoms with E-state index in [1.165, 1.54) is 27.8 Å². The van der Waals surface area contributed by atoms with Crippen molar-refractivity contribution in [3.8, 4) is 6.07 Å². The molecule has 1 aromatic heterocycles. The summed E-state index contributed by atoms with van der Waals surface area (Å²) in [6.45, 7) is 7.55. The topological polar surface area (TPSA) is 42.8 Å². The van der Waals surface area contributed by atoms with Crippen molar-refractivity contribution in [3.63, 3.8) is 0 Å². The summed E-state index contributed by atoms with van der Waals surface area (Å²) in [4.78, 5) is 5.91. The summed E-state index contributed by atoms with van der Waals surface area (Å²) in [5.41, 5.74) is 8.96. The maximum absolute atomic E-state index is 10.1. The van der Waals surface area contributed by atoms with Crippen molar-refractivity contribution in [1.29, 1.82) is 5.26 Å². The van der Waals surface area contributed by atoms with Gasteiger partial charge in [0.1, 0.15) is 0 Å². The number of aromatic amines is 1. The van der Waals surface area contributed by atoms with Gasteiger partial charge in [-0.25, -0.2) is 0 Å². The van der Waals surface area contributed by atoms with Gasteiger partial charge in [0.05, 0.1) is 11.5 Å². The van der Waals surface area contributed by atoms with Crippen molar-refractivity contribution >= 4 is 17.7 Å². The van der Waals surface area contributed by atoms with E-state index in [0.717, 1.165) is 51.0 Å². The lowest BCUT2D eigenvalue weighted by Gasteiger charge is -2.33. The summed E-state index contributed by atoms with van der Waals surface area (Å²) < 4.78 is 0. The Labute approximate surface area is 209 Å². The Morgan fingerprint density at radius 2 is 1.54 bits per heavy atom. The molecule has 3 heteroatoms. The maximum Gasteiger partial charge on any atom is 0.0994 e. The van der Waals surface area contributed by atoms with Crippen LogP contribution in [-0.4, -0.2) is 29.5 Å². The molecule has 1 atom stereocenters. The Morgan fingerprint density at radius 3 is 2.09 bits per heavy atom. The predicted octanol–water partition coefficient (Wildman–Crippen LogP) is 7.29. The van der Waals surface area contributed by atoms with Crippen molar-refractivity contribution in [2.75, 3.05) is 19.6 Å². The van der Waals surface area contributed by atoms with Gasteiger partial charge in [-0.1, -0.05) is 80.1 Å². The van der Waals surface area contributed by atoms with E-state index in [1.54, 1.807) is 5.57 Å². The first kappa shape index (κ1) is 23.4. The van der Waals surface area contributed by atoms with Gasteiger partial charge in [0.2, 0.25) is 0 Å². The number of likely N-dealkylation sites (tertiary alicyclic amines) is 1. The fourth-order valence-corrected chi connectivity index (χ4v) is 5.91. The van der Waals surface area contributed by atoms with Gasteiger partial charge in [-0.05, 0) is 78.1 Å². The standard InChI is InChI=1S/C32H35N3/c1-24(2)32(23-33,30-13-7-19-34-30)18-8-20-35-21-16-27(17-22-35)31-28-11-5-3-9-25(28)14-15-26-10-4-6-12-29(26)31/h3-7,9-15,19,24,34H,8,16-18,20-22H2,1-2H3. The fraction of sp³-hybridized carbons (Fsp3) is 0.344. The van der Waals surface area contributed by atoms with E-state index in [2.05, 4.69) is 96.5 Å². The summed E-state index contributed by atoms with van der Waals surface area (Å²) in [6, 6.07) is 24.4. The van der Waals surface area contributed by atoms with E-state index in [-0.39, 0.29) is 5.92 Å². The number of benzene rings is 2. The molecule has 2 heterocycles. The Kier molecular flexibility index (Phi) is 6.75. The van der Waals surface area contributed by atoms with E-state index >= 15 is 0 Å². The molecule has 0 radical (unpaired) electrons. The zero-order valence-electron chi connectivity index (χ0n) is 20.9. The normalized spacial score (nSPS) is 17.4. The van der Waals surface area contributed by atoms with Crippen molar-refractivity contribution in [1.82, 2.24) is 9.88 Å². The number of hydrogen-bond donors (Lipinski definition) is 1. The SMILES string of the molecule is CC(C)C(C#N)(CCCN1CCC(=C2c3ccccc3C=Cc3ccccc32)CC1)c1ccc[nH]1. The lowest BCUT2D eigenvalue weighted by molar-refractivity contribution is 0.237. The number of nitriles is 1. The molecule has 2 aliphatic rings. The second-order valence-electron chi connectivity index (χ2n) is 10.3. The van der Waals surface area contributed by atoms with Crippen molar-refractivity contribution in [2.45, 2.75) is 44.9 Å². The Morgan fingerprint density at radius 1 is 0.914 bits per heavy atom. The van der Waals surface area contributed by atoms with Crippen LogP contribution in [0.15, 0.2) is 72.4 Å². The van der Waals surface area contributed by atoms with Gasteiger partial charge in [0.15, 0.2) is 0 Å². The Balaban J connectivity index is 1.31. The summed E-state index contributed by atoms with van der Waals surface area (Å²) in [7, 11) is 0. The Hall–Kier alpha value is -3.35. The summed E-state index contributed by atoms with van der Waals surface area (Å²) in [6.07, 6.45) is 10.6. The van der Waals surface area contributed by atoms with Crippen LogP contribution in [-0.2, 0) is 5.41 Å². The first-order valence-electron chi connectivity index (χ1n) is 13.0. The van der Waals surface area contributed by atoms with E-state index in [9.17, 15) is 5.26 Å². The number of hydrogen-bond acceptors (Lipinski definition) is 2. The molecule has 5 rings (SSSR count). The van der Waals surface area contributed by atoms with Crippen LogP contribution < -0.4 is 0 Å². The average molecular weight is 462 g/mol. The monoisotopic (exact) mass is 461 g/mol. The number of aromatic nitrogens is 1. The van der Waals surface area contributed by atoms with E-state index in [4.69, 9.17) is 0 Å². The molecule has 0 spiro atoms. The van der Waals surface area contributed by atoms with E-state index in [1.807, 2.05) is 12.3 Å². The average Bonchev–Trinajstić information content (AvgIpc) is 3.37. The van der Waals surface area contributed by atoms with Crippen molar-refractivity contribution < 1.29 is 0 Å². The predicted molar refractivity (Wildman–Crippen MR) is 146 cm³/mol. The highest BCUT2D eigenvalue weighted by Gasteiger charge is 2.36. The lowest BCUT2D eigenvalue weighted by Crippen LogP contribution is -2.35. The minimum absolute atomic E-state index is 0.271. The van der Waals surface area contributed by atoms with Crippen LogP contribution in [0.2, 0.25) is 0 Å². The Bertz CT molecular complexity index is 1210. The second kappa shape index (κ2) is 10.1. The minimum atomic E-state index is -0.437.